The molecular weight excluding hydrogens is 511 g/mol. The van der Waals surface area contributed by atoms with Gasteiger partial charge in [0.2, 0.25) is 5.91 Å². The molecule has 2 aliphatic rings. The van der Waals surface area contributed by atoms with Gasteiger partial charge in [0.05, 0.1) is 11.5 Å². The summed E-state index contributed by atoms with van der Waals surface area (Å²) >= 11 is 1.74. The van der Waals surface area contributed by atoms with Gasteiger partial charge in [-0.3, -0.25) is 9.59 Å². The first-order valence-corrected chi connectivity index (χ1v) is 14.2. The van der Waals surface area contributed by atoms with Crippen molar-refractivity contribution in [3.8, 4) is 0 Å². The lowest BCUT2D eigenvalue weighted by atomic mass is 9.90. The van der Waals surface area contributed by atoms with Crippen molar-refractivity contribution in [1.29, 1.82) is 0 Å². The van der Waals surface area contributed by atoms with Crippen LogP contribution in [0, 0.1) is 5.92 Å². The Morgan fingerprint density at radius 2 is 1.66 bits per heavy atom. The van der Waals surface area contributed by atoms with Crippen LogP contribution in [-0.4, -0.2) is 28.8 Å². The van der Waals surface area contributed by atoms with E-state index in [1.807, 2.05) is 31.2 Å². The van der Waals surface area contributed by atoms with Gasteiger partial charge < -0.3 is 10.2 Å². The summed E-state index contributed by atoms with van der Waals surface area (Å²) < 4.78 is 38.1. The van der Waals surface area contributed by atoms with Gasteiger partial charge in [0.15, 0.2) is 5.17 Å². The van der Waals surface area contributed by atoms with Gasteiger partial charge in [-0.15, -0.1) is 0 Å². The molecule has 9 heteroatoms. The second-order valence-electron chi connectivity index (χ2n) is 9.87. The van der Waals surface area contributed by atoms with Crippen LogP contribution in [0.1, 0.15) is 68.6 Å². The fraction of sp³-hybridized carbons (Fsp3) is 0.483. The third-order valence-corrected chi connectivity index (χ3v) is 8.58. The van der Waals surface area contributed by atoms with Gasteiger partial charge in [-0.1, -0.05) is 61.7 Å². The van der Waals surface area contributed by atoms with E-state index in [0.29, 0.717) is 23.8 Å². The quantitative estimate of drug-likeness (QED) is 0.418. The summed E-state index contributed by atoms with van der Waals surface area (Å²) in [7, 11) is 0. The highest BCUT2D eigenvalue weighted by Gasteiger charge is 2.36. The number of thioether (sulfide) groups is 1. The average Bonchev–Trinajstić information content (AvgIpc) is 2.88. The number of rotatable bonds is 7. The van der Waals surface area contributed by atoms with Crippen molar-refractivity contribution >= 4 is 34.4 Å². The second kappa shape index (κ2) is 12.8. The Morgan fingerprint density at radius 1 is 1.00 bits per heavy atom. The minimum absolute atomic E-state index is 0.0167. The lowest BCUT2D eigenvalue weighted by Crippen LogP contribution is -2.39. The van der Waals surface area contributed by atoms with Gasteiger partial charge in [-0.05, 0) is 61.6 Å². The number of anilines is 1. The number of aliphatic imine (C=N–C) groups is 1. The molecule has 38 heavy (non-hydrogen) atoms. The first-order valence-electron chi connectivity index (χ1n) is 13.3. The van der Waals surface area contributed by atoms with Crippen LogP contribution in [0.3, 0.4) is 0 Å². The van der Waals surface area contributed by atoms with Crippen LogP contribution < -0.4 is 10.2 Å². The van der Waals surface area contributed by atoms with Gasteiger partial charge in [-0.25, -0.2) is 0 Å². The SMILES string of the molecule is CCN(C1=NC(=O)C2CCCCCCC2S1)c1ccc(CCC(=O)NCc2ccc(C(F)(F)F)cc2)cc1. The molecule has 1 aliphatic heterocycles. The molecule has 1 heterocycles. The fourth-order valence-electron chi connectivity index (χ4n) is 4.97. The summed E-state index contributed by atoms with van der Waals surface area (Å²) in [5.41, 5.74) is 1.88. The number of alkyl halides is 3. The Hall–Kier alpha value is -2.81. The van der Waals surface area contributed by atoms with E-state index in [2.05, 4.69) is 15.2 Å². The van der Waals surface area contributed by atoms with Gasteiger partial charge in [0.1, 0.15) is 0 Å². The molecule has 1 fully saturated rings. The third kappa shape index (κ3) is 7.40. The van der Waals surface area contributed by atoms with Crippen molar-refractivity contribution in [1.82, 2.24) is 5.32 Å². The third-order valence-electron chi connectivity index (χ3n) is 7.19. The number of carbonyl (C=O) groups is 2. The van der Waals surface area contributed by atoms with E-state index in [-0.39, 0.29) is 30.7 Å². The zero-order valence-corrected chi connectivity index (χ0v) is 22.4. The smallest absolute Gasteiger partial charge is 0.352 e. The molecule has 2 unspecified atom stereocenters. The number of fused-ring (bicyclic) bond motifs is 1. The van der Waals surface area contributed by atoms with Crippen LogP contribution in [0.4, 0.5) is 18.9 Å². The van der Waals surface area contributed by atoms with Crippen LogP contribution in [0.5, 0.6) is 0 Å². The van der Waals surface area contributed by atoms with E-state index >= 15 is 0 Å². The molecule has 0 saturated heterocycles. The normalized spacial score (nSPS) is 20.1. The van der Waals surface area contributed by atoms with Crippen molar-refractivity contribution in [2.24, 2.45) is 10.9 Å². The molecule has 1 aliphatic carbocycles. The number of amides is 2. The van der Waals surface area contributed by atoms with Crippen LogP contribution in [0.15, 0.2) is 53.5 Å². The van der Waals surface area contributed by atoms with Crippen molar-refractivity contribution in [3.63, 3.8) is 0 Å². The summed E-state index contributed by atoms with van der Waals surface area (Å²) in [5, 5.41) is 3.83. The number of hydrogen-bond donors (Lipinski definition) is 1. The molecule has 2 amide bonds. The maximum absolute atomic E-state index is 12.8. The number of hydrogen-bond acceptors (Lipinski definition) is 4. The zero-order chi connectivity index (χ0) is 27.1. The summed E-state index contributed by atoms with van der Waals surface area (Å²) in [4.78, 5) is 31.7. The van der Waals surface area contributed by atoms with Crippen molar-refractivity contribution < 1.29 is 22.8 Å². The molecule has 1 N–H and O–H groups in total. The first kappa shape index (κ1) is 28.2. The van der Waals surface area contributed by atoms with Gasteiger partial charge >= 0.3 is 6.18 Å². The zero-order valence-electron chi connectivity index (χ0n) is 21.6. The average molecular weight is 546 g/mol. The Morgan fingerprint density at radius 3 is 2.32 bits per heavy atom. The van der Waals surface area contributed by atoms with Crippen LogP contribution in [0.25, 0.3) is 0 Å². The van der Waals surface area contributed by atoms with E-state index in [4.69, 9.17) is 0 Å². The number of aryl methyl sites for hydroxylation is 1. The molecule has 2 atom stereocenters. The maximum atomic E-state index is 12.8. The lowest BCUT2D eigenvalue weighted by molar-refractivity contribution is -0.137. The van der Waals surface area contributed by atoms with Crippen molar-refractivity contribution in [2.75, 3.05) is 11.4 Å². The molecule has 1 saturated carbocycles. The van der Waals surface area contributed by atoms with Crippen molar-refractivity contribution in [2.45, 2.75) is 76.3 Å². The predicted octanol–water partition coefficient (Wildman–Crippen LogP) is 6.75. The number of carbonyl (C=O) groups excluding carboxylic acids is 2. The predicted molar refractivity (Wildman–Crippen MR) is 146 cm³/mol. The Labute approximate surface area is 226 Å². The maximum Gasteiger partial charge on any atom is 0.416 e. The Balaban J connectivity index is 1.30. The molecule has 4 rings (SSSR count). The molecule has 0 aromatic heterocycles. The van der Waals surface area contributed by atoms with E-state index in [0.717, 1.165) is 54.2 Å². The number of halogens is 3. The number of benzene rings is 2. The topological polar surface area (TPSA) is 61.8 Å². The molecule has 204 valence electrons. The highest BCUT2D eigenvalue weighted by molar-refractivity contribution is 8.14. The van der Waals surface area contributed by atoms with Crippen molar-refractivity contribution in [3.05, 3.63) is 65.2 Å². The summed E-state index contributed by atoms with van der Waals surface area (Å²) in [6, 6.07) is 12.7. The number of nitrogens with zero attached hydrogens (tertiary/aromatic N) is 2. The highest BCUT2D eigenvalue weighted by atomic mass is 32.2. The highest BCUT2D eigenvalue weighted by Crippen LogP contribution is 2.38. The van der Waals surface area contributed by atoms with Gasteiger partial charge in [0.25, 0.3) is 5.91 Å². The minimum Gasteiger partial charge on any atom is -0.352 e. The standard InChI is InChI=1S/C29H34F3N3O2S/c1-2-35(28-34-27(37)24-7-5-3-4-6-8-25(24)38-28)23-16-11-20(12-17-23)13-18-26(36)33-19-21-9-14-22(15-10-21)29(30,31)32/h9-12,14-17,24-25H,2-8,13,18-19H2,1H3,(H,33,36). The summed E-state index contributed by atoms with van der Waals surface area (Å²) in [6.45, 7) is 2.93. The monoisotopic (exact) mass is 545 g/mol. The summed E-state index contributed by atoms with van der Waals surface area (Å²) in [5.74, 6) is -0.108. The lowest BCUT2D eigenvalue weighted by Gasteiger charge is -2.34. The Kier molecular flexibility index (Phi) is 9.52. The van der Waals surface area contributed by atoms with Gasteiger partial charge in [-0.2, -0.15) is 18.2 Å². The molecular formula is C29H34F3N3O2S. The molecule has 0 bridgehead atoms. The number of amidine groups is 1. The second-order valence-corrected chi connectivity index (χ2v) is 11.1. The summed E-state index contributed by atoms with van der Waals surface area (Å²) in [6.07, 6.45) is 3.13. The fourth-order valence-corrected chi connectivity index (χ4v) is 6.44. The van der Waals surface area contributed by atoms with E-state index in [1.165, 1.54) is 25.0 Å². The largest absolute Gasteiger partial charge is 0.416 e. The van der Waals surface area contributed by atoms with E-state index in [9.17, 15) is 22.8 Å². The molecule has 0 spiro atoms. The molecule has 0 radical (unpaired) electrons. The van der Waals surface area contributed by atoms with Gasteiger partial charge in [0, 0.05) is 30.4 Å². The first-order chi connectivity index (χ1) is 18.2. The molecule has 2 aromatic carbocycles. The minimum atomic E-state index is -4.37. The van der Waals surface area contributed by atoms with E-state index in [1.54, 1.807) is 11.8 Å². The Bertz CT molecular complexity index is 1130. The van der Waals surface area contributed by atoms with Crippen LogP contribution >= 0.6 is 11.8 Å². The van der Waals surface area contributed by atoms with Crippen LogP contribution in [0.2, 0.25) is 0 Å². The molecule has 2 aromatic rings. The molecule has 5 nitrogen and oxygen atoms in total. The van der Waals surface area contributed by atoms with Crippen LogP contribution in [-0.2, 0) is 28.7 Å². The van der Waals surface area contributed by atoms with E-state index < -0.39 is 11.7 Å². The number of nitrogens with one attached hydrogen (secondary N) is 1.